The van der Waals surface area contributed by atoms with Gasteiger partial charge in [0, 0.05) is 5.02 Å². The molecule has 2 rings (SSSR count). The lowest BCUT2D eigenvalue weighted by Crippen LogP contribution is -2.02. The number of halogens is 1. The van der Waals surface area contributed by atoms with Crippen molar-refractivity contribution in [2.75, 3.05) is 0 Å². The fourth-order valence-corrected chi connectivity index (χ4v) is 1.53. The molecular formula is C12H9ClO4. The Balaban J connectivity index is 2.07. The van der Waals surface area contributed by atoms with Gasteiger partial charge in [-0.1, -0.05) is 17.7 Å². The largest absolute Gasteiger partial charge is 0.486 e. The molecule has 0 atom stereocenters. The van der Waals surface area contributed by atoms with Gasteiger partial charge >= 0.3 is 5.97 Å². The topological polar surface area (TPSA) is 59.7 Å². The molecule has 88 valence electrons. The van der Waals surface area contributed by atoms with Crippen LogP contribution in [0.4, 0.5) is 0 Å². The molecule has 4 nitrogen and oxygen atoms in total. The van der Waals surface area contributed by atoms with E-state index in [4.69, 9.17) is 25.9 Å². The third-order valence-electron chi connectivity index (χ3n) is 2.14. The van der Waals surface area contributed by atoms with Crippen molar-refractivity contribution in [3.05, 3.63) is 52.9 Å². The average molecular weight is 253 g/mol. The van der Waals surface area contributed by atoms with Gasteiger partial charge in [-0.15, -0.1) is 0 Å². The summed E-state index contributed by atoms with van der Waals surface area (Å²) in [6, 6.07) is 8.24. The lowest BCUT2D eigenvalue weighted by Gasteiger charge is -2.04. The Bertz CT molecular complexity index is 533. The quantitative estimate of drug-likeness (QED) is 0.908. The van der Waals surface area contributed by atoms with Gasteiger partial charge in [-0.3, -0.25) is 0 Å². The van der Waals surface area contributed by atoms with Crippen LogP contribution in [0.1, 0.15) is 16.1 Å². The number of hydrogen-bond donors (Lipinski definition) is 1. The van der Waals surface area contributed by atoms with Crippen molar-refractivity contribution in [1.82, 2.24) is 0 Å². The predicted octanol–water partition coefficient (Wildman–Crippen LogP) is 3.21. The summed E-state index contributed by atoms with van der Waals surface area (Å²) in [6.07, 6.45) is 1.32. The van der Waals surface area contributed by atoms with E-state index in [1.165, 1.54) is 12.3 Å². The minimum atomic E-state index is -1.04. The predicted molar refractivity (Wildman–Crippen MR) is 61.5 cm³/mol. The Morgan fingerprint density at radius 1 is 1.41 bits per heavy atom. The summed E-state index contributed by atoms with van der Waals surface area (Å²) in [4.78, 5) is 10.8. The van der Waals surface area contributed by atoms with Crippen molar-refractivity contribution in [3.63, 3.8) is 0 Å². The Labute approximate surface area is 102 Å². The Morgan fingerprint density at radius 2 is 2.24 bits per heavy atom. The highest BCUT2D eigenvalue weighted by Gasteiger charge is 2.13. The zero-order valence-electron chi connectivity index (χ0n) is 8.72. The fraction of sp³-hybridized carbons (Fsp3) is 0.0833. The molecule has 17 heavy (non-hydrogen) atoms. The SMILES string of the molecule is O=C(O)c1ccoc1COc1cccc(Cl)c1. The van der Waals surface area contributed by atoms with E-state index < -0.39 is 5.97 Å². The number of carboxylic acids is 1. The van der Waals surface area contributed by atoms with E-state index in [2.05, 4.69) is 0 Å². The van der Waals surface area contributed by atoms with Crippen LogP contribution in [0.15, 0.2) is 41.0 Å². The van der Waals surface area contributed by atoms with Gasteiger partial charge in [-0.05, 0) is 24.3 Å². The highest BCUT2D eigenvalue weighted by atomic mass is 35.5. The summed E-state index contributed by atoms with van der Waals surface area (Å²) in [5.41, 5.74) is 0.104. The Morgan fingerprint density at radius 3 is 2.94 bits per heavy atom. The number of furan rings is 1. The molecule has 0 spiro atoms. The van der Waals surface area contributed by atoms with Crippen LogP contribution in [0.5, 0.6) is 5.75 Å². The highest BCUT2D eigenvalue weighted by molar-refractivity contribution is 6.30. The van der Waals surface area contributed by atoms with E-state index in [9.17, 15) is 4.79 Å². The lowest BCUT2D eigenvalue weighted by atomic mass is 10.2. The molecule has 0 fully saturated rings. The third kappa shape index (κ3) is 2.79. The van der Waals surface area contributed by atoms with Crippen LogP contribution in [0.2, 0.25) is 5.02 Å². The lowest BCUT2D eigenvalue weighted by molar-refractivity contribution is 0.0692. The van der Waals surface area contributed by atoms with Crippen LogP contribution >= 0.6 is 11.6 Å². The van der Waals surface area contributed by atoms with Crippen LogP contribution in [0, 0.1) is 0 Å². The summed E-state index contributed by atoms with van der Waals surface area (Å²) in [5, 5.41) is 9.42. The number of carbonyl (C=O) groups is 1. The summed E-state index contributed by atoms with van der Waals surface area (Å²) in [6.45, 7) is 0.0506. The maximum atomic E-state index is 10.8. The average Bonchev–Trinajstić information content (AvgIpc) is 2.74. The molecule has 0 saturated heterocycles. The molecule has 1 aromatic carbocycles. The highest BCUT2D eigenvalue weighted by Crippen LogP contribution is 2.19. The first-order chi connectivity index (χ1) is 8.16. The van der Waals surface area contributed by atoms with E-state index in [1.54, 1.807) is 24.3 Å². The fourth-order valence-electron chi connectivity index (χ4n) is 1.35. The number of rotatable bonds is 4. The zero-order chi connectivity index (χ0) is 12.3. The van der Waals surface area contributed by atoms with Gasteiger partial charge in [-0.25, -0.2) is 4.79 Å². The molecule has 2 aromatic rings. The number of hydrogen-bond acceptors (Lipinski definition) is 3. The summed E-state index contributed by atoms with van der Waals surface area (Å²) < 4.78 is 10.4. The molecule has 1 aromatic heterocycles. The minimum absolute atomic E-state index is 0.0506. The van der Waals surface area contributed by atoms with Gasteiger partial charge in [0.05, 0.1) is 6.26 Å². The second-order valence-electron chi connectivity index (χ2n) is 3.31. The van der Waals surface area contributed by atoms with Crippen molar-refractivity contribution in [3.8, 4) is 5.75 Å². The second-order valence-corrected chi connectivity index (χ2v) is 3.75. The summed E-state index contributed by atoms with van der Waals surface area (Å²) in [7, 11) is 0. The molecule has 0 radical (unpaired) electrons. The maximum absolute atomic E-state index is 10.8. The Hall–Kier alpha value is -1.94. The number of benzene rings is 1. The number of aromatic carboxylic acids is 1. The van der Waals surface area contributed by atoms with E-state index in [-0.39, 0.29) is 17.9 Å². The van der Waals surface area contributed by atoms with Gasteiger partial charge in [-0.2, -0.15) is 0 Å². The molecule has 0 aliphatic heterocycles. The molecule has 0 aliphatic carbocycles. The number of ether oxygens (including phenoxy) is 1. The second kappa shape index (κ2) is 4.93. The van der Waals surface area contributed by atoms with Gasteiger partial charge in [0.25, 0.3) is 0 Å². The van der Waals surface area contributed by atoms with E-state index in [0.717, 1.165) is 0 Å². The van der Waals surface area contributed by atoms with Crippen molar-refractivity contribution in [2.45, 2.75) is 6.61 Å². The van der Waals surface area contributed by atoms with Crippen LogP contribution < -0.4 is 4.74 Å². The molecule has 1 heterocycles. The summed E-state index contributed by atoms with van der Waals surface area (Å²) in [5.74, 6) is -0.203. The number of carboxylic acid groups (broad SMARTS) is 1. The van der Waals surface area contributed by atoms with Crippen LogP contribution in [-0.4, -0.2) is 11.1 Å². The normalized spacial score (nSPS) is 10.2. The van der Waals surface area contributed by atoms with Crippen molar-refractivity contribution in [1.29, 1.82) is 0 Å². The van der Waals surface area contributed by atoms with Gasteiger partial charge < -0.3 is 14.3 Å². The molecule has 5 heteroatoms. The monoisotopic (exact) mass is 252 g/mol. The van der Waals surface area contributed by atoms with E-state index in [0.29, 0.717) is 10.8 Å². The smallest absolute Gasteiger partial charge is 0.339 e. The molecule has 0 saturated carbocycles. The minimum Gasteiger partial charge on any atom is -0.486 e. The van der Waals surface area contributed by atoms with Crippen molar-refractivity contribution < 1.29 is 19.1 Å². The molecule has 1 N–H and O–H groups in total. The standard InChI is InChI=1S/C12H9ClO4/c13-8-2-1-3-9(6-8)17-7-11-10(12(14)15)4-5-16-11/h1-6H,7H2,(H,14,15). The van der Waals surface area contributed by atoms with Gasteiger partial charge in [0.15, 0.2) is 5.76 Å². The molecule has 0 amide bonds. The van der Waals surface area contributed by atoms with Crippen molar-refractivity contribution >= 4 is 17.6 Å². The molecular weight excluding hydrogens is 244 g/mol. The molecule has 0 unspecified atom stereocenters. The third-order valence-corrected chi connectivity index (χ3v) is 2.38. The summed E-state index contributed by atoms with van der Waals surface area (Å²) >= 11 is 5.79. The first kappa shape index (κ1) is 11.5. The first-order valence-electron chi connectivity index (χ1n) is 4.85. The van der Waals surface area contributed by atoms with E-state index in [1.807, 2.05) is 0 Å². The first-order valence-corrected chi connectivity index (χ1v) is 5.22. The molecule has 0 bridgehead atoms. The van der Waals surface area contributed by atoms with Crippen molar-refractivity contribution in [2.24, 2.45) is 0 Å². The van der Waals surface area contributed by atoms with Gasteiger partial charge in [0.2, 0.25) is 0 Å². The van der Waals surface area contributed by atoms with Crippen LogP contribution in [-0.2, 0) is 6.61 Å². The van der Waals surface area contributed by atoms with Crippen LogP contribution in [0.3, 0.4) is 0 Å². The van der Waals surface area contributed by atoms with Gasteiger partial charge in [0.1, 0.15) is 17.9 Å². The van der Waals surface area contributed by atoms with E-state index >= 15 is 0 Å². The zero-order valence-corrected chi connectivity index (χ0v) is 9.48. The van der Waals surface area contributed by atoms with Crippen LogP contribution in [0.25, 0.3) is 0 Å². The maximum Gasteiger partial charge on any atom is 0.339 e. The molecule has 0 aliphatic rings. The Kier molecular flexibility index (Phi) is 3.35.